The number of morpholine rings is 1. The molecule has 2 aromatic rings. The fourth-order valence-corrected chi connectivity index (χ4v) is 3.60. The minimum absolute atomic E-state index is 0.224. The number of carbonyl (C=O) groups excluding carboxylic acids is 1. The van der Waals surface area contributed by atoms with Crippen LogP contribution >= 0.6 is 11.6 Å². The van der Waals surface area contributed by atoms with Crippen molar-refractivity contribution in [2.24, 2.45) is 0 Å². The molecule has 8 nitrogen and oxygen atoms in total. The average molecular weight is 409 g/mol. The van der Waals surface area contributed by atoms with Gasteiger partial charge in [0.05, 0.1) is 24.1 Å². The Labute approximate surface area is 167 Å². The molecule has 1 aliphatic rings. The van der Waals surface area contributed by atoms with Crippen LogP contribution in [-0.4, -0.2) is 59.3 Å². The van der Waals surface area contributed by atoms with E-state index in [4.69, 9.17) is 16.3 Å². The second-order valence-corrected chi connectivity index (χ2v) is 7.22. The molecule has 1 atom stereocenters. The summed E-state index contributed by atoms with van der Waals surface area (Å²) in [5, 5.41) is 3.64. The van der Waals surface area contributed by atoms with E-state index in [2.05, 4.69) is 10.2 Å². The first-order valence-corrected chi connectivity index (χ1v) is 9.84. The molecule has 1 aromatic heterocycles. The van der Waals surface area contributed by atoms with Crippen molar-refractivity contribution in [1.29, 1.82) is 0 Å². The number of rotatable bonds is 6. The first kappa shape index (κ1) is 20.6. The third-order valence-electron chi connectivity index (χ3n) is 5.05. The number of benzene rings is 1. The molecule has 1 amide bonds. The number of ether oxygens (including phenoxy) is 1. The third-order valence-corrected chi connectivity index (χ3v) is 5.28. The SMILES string of the molecule is CCn1c(=O)c2ccc(Cl)cc2n(C(C)C(=O)NCCN2CCOCC2)c1=O. The lowest BCUT2D eigenvalue weighted by Crippen LogP contribution is -2.46. The highest BCUT2D eigenvalue weighted by Crippen LogP contribution is 2.18. The maximum absolute atomic E-state index is 12.9. The fraction of sp³-hybridized carbons (Fsp3) is 0.526. The first-order valence-electron chi connectivity index (χ1n) is 9.46. The monoisotopic (exact) mass is 408 g/mol. The van der Waals surface area contributed by atoms with E-state index in [9.17, 15) is 14.4 Å². The number of hydrogen-bond donors (Lipinski definition) is 1. The van der Waals surface area contributed by atoms with Crippen molar-refractivity contribution < 1.29 is 9.53 Å². The third kappa shape index (κ3) is 4.14. The van der Waals surface area contributed by atoms with Crippen LogP contribution in [-0.2, 0) is 16.1 Å². The number of hydrogen-bond acceptors (Lipinski definition) is 5. The number of nitrogens with one attached hydrogen (secondary N) is 1. The lowest BCUT2D eigenvalue weighted by Gasteiger charge is -2.27. The van der Waals surface area contributed by atoms with Crippen LogP contribution in [0.15, 0.2) is 27.8 Å². The van der Waals surface area contributed by atoms with Crippen LogP contribution in [0.25, 0.3) is 10.9 Å². The molecule has 0 bridgehead atoms. The molecule has 1 aromatic carbocycles. The molecule has 1 aliphatic heterocycles. The van der Waals surface area contributed by atoms with Crippen molar-refractivity contribution in [3.8, 4) is 0 Å². The zero-order valence-corrected chi connectivity index (χ0v) is 16.9. The Bertz CT molecular complexity index is 978. The van der Waals surface area contributed by atoms with Gasteiger partial charge in [0.2, 0.25) is 5.91 Å². The maximum atomic E-state index is 12.9. The van der Waals surface area contributed by atoms with E-state index >= 15 is 0 Å². The van der Waals surface area contributed by atoms with Crippen molar-refractivity contribution in [3.05, 3.63) is 44.1 Å². The molecular formula is C19H25ClN4O4. The standard InChI is InChI=1S/C19H25ClN4O4/c1-3-23-18(26)15-5-4-14(20)12-16(15)24(19(23)27)13(2)17(25)21-6-7-22-8-10-28-11-9-22/h4-5,12-13H,3,6-11H2,1-2H3,(H,21,25). The number of aromatic nitrogens is 2. The van der Waals surface area contributed by atoms with Crippen LogP contribution in [0.5, 0.6) is 0 Å². The van der Waals surface area contributed by atoms with Crippen molar-refractivity contribution >= 4 is 28.4 Å². The van der Waals surface area contributed by atoms with Crippen LogP contribution in [0.2, 0.25) is 5.02 Å². The van der Waals surface area contributed by atoms with Gasteiger partial charge in [-0.1, -0.05) is 11.6 Å². The van der Waals surface area contributed by atoms with Gasteiger partial charge in [0.1, 0.15) is 6.04 Å². The summed E-state index contributed by atoms with van der Waals surface area (Å²) in [6, 6.07) is 3.96. The van der Waals surface area contributed by atoms with Crippen molar-refractivity contribution in [1.82, 2.24) is 19.4 Å². The summed E-state index contributed by atoms with van der Waals surface area (Å²) in [6.07, 6.45) is 0. The van der Waals surface area contributed by atoms with Crippen LogP contribution in [0.4, 0.5) is 0 Å². The van der Waals surface area contributed by atoms with E-state index in [0.717, 1.165) is 24.2 Å². The van der Waals surface area contributed by atoms with E-state index in [1.54, 1.807) is 32.0 Å². The van der Waals surface area contributed by atoms with Gasteiger partial charge in [-0.3, -0.25) is 23.6 Å². The normalized spacial score (nSPS) is 16.2. The predicted octanol–water partition coefficient (Wildman–Crippen LogP) is 0.846. The van der Waals surface area contributed by atoms with Gasteiger partial charge in [0.15, 0.2) is 0 Å². The summed E-state index contributed by atoms with van der Waals surface area (Å²) >= 11 is 6.08. The Morgan fingerprint density at radius 2 is 2.00 bits per heavy atom. The van der Waals surface area contributed by atoms with E-state index in [1.807, 2.05) is 0 Å². The molecule has 152 valence electrons. The van der Waals surface area contributed by atoms with Gasteiger partial charge in [-0.2, -0.15) is 0 Å². The van der Waals surface area contributed by atoms with Gasteiger partial charge in [-0.05, 0) is 32.0 Å². The fourth-order valence-electron chi connectivity index (χ4n) is 3.43. The van der Waals surface area contributed by atoms with Crippen LogP contribution < -0.4 is 16.6 Å². The van der Waals surface area contributed by atoms with Gasteiger partial charge < -0.3 is 10.1 Å². The van der Waals surface area contributed by atoms with E-state index in [1.165, 1.54) is 4.57 Å². The molecule has 1 saturated heterocycles. The number of halogens is 1. The minimum Gasteiger partial charge on any atom is -0.379 e. The Hall–Kier alpha value is -2.16. The highest BCUT2D eigenvalue weighted by molar-refractivity contribution is 6.31. The van der Waals surface area contributed by atoms with Crippen LogP contribution in [0, 0.1) is 0 Å². The zero-order valence-electron chi connectivity index (χ0n) is 16.1. The lowest BCUT2D eigenvalue weighted by atomic mass is 10.2. The molecule has 0 radical (unpaired) electrons. The molecule has 1 N–H and O–H groups in total. The molecular weight excluding hydrogens is 384 g/mol. The van der Waals surface area contributed by atoms with Gasteiger partial charge in [-0.25, -0.2) is 4.79 Å². The van der Waals surface area contributed by atoms with Crippen molar-refractivity contribution in [3.63, 3.8) is 0 Å². The minimum atomic E-state index is -0.781. The number of carbonyl (C=O) groups is 1. The topological polar surface area (TPSA) is 85.6 Å². The van der Waals surface area contributed by atoms with E-state index < -0.39 is 11.7 Å². The molecule has 2 heterocycles. The number of fused-ring (bicyclic) bond motifs is 1. The summed E-state index contributed by atoms with van der Waals surface area (Å²) in [5.74, 6) is -0.280. The van der Waals surface area contributed by atoms with E-state index in [0.29, 0.717) is 35.7 Å². The first-order chi connectivity index (χ1) is 13.4. The Kier molecular flexibility index (Phi) is 6.53. The van der Waals surface area contributed by atoms with Gasteiger partial charge >= 0.3 is 5.69 Å². The van der Waals surface area contributed by atoms with Crippen LogP contribution in [0.3, 0.4) is 0 Å². The summed E-state index contributed by atoms with van der Waals surface area (Å²) in [5.41, 5.74) is -0.531. The Morgan fingerprint density at radius 3 is 2.68 bits per heavy atom. The molecule has 0 aliphatic carbocycles. The second kappa shape index (κ2) is 8.89. The Balaban J connectivity index is 1.86. The molecule has 1 fully saturated rings. The van der Waals surface area contributed by atoms with E-state index in [-0.39, 0.29) is 18.0 Å². The second-order valence-electron chi connectivity index (χ2n) is 6.78. The molecule has 0 spiro atoms. The molecule has 3 rings (SSSR count). The lowest BCUT2D eigenvalue weighted by molar-refractivity contribution is -0.124. The summed E-state index contributed by atoms with van der Waals surface area (Å²) < 4.78 is 7.79. The Morgan fingerprint density at radius 1 is 1.29 bits per heavy atom. The smallest absolute Gasteiger partial charge is 0.332 e. The van der Waals surface area contributed by atoms with Crippen LogP contribution in [0.1, 0.15) is 19.9 Å². The highest BCUT2D eigenvalue weighted by atomic mass is 35.5. The summed E-state index contributed by atoms with van der Waals surface area (Å²) in [6.45, 7) is 7.88. The van der Waals surface area contributed by atoms with Gasteiger partial charge in [0, 0.05) is 37.7 Å². The molecule has 1 unspecified atom stereocenters. The zero-order chi connectivity index (χ0) is 20.3. The summed E-state index contributed by atoms with van der Waals surface area (Å²) in [7, 11) is 0. The van der Waals surface area contributed by atoms with Crippen molar-refractivity contribution in [2.45, 2.75) is 26.4 Å². The average Bonchev–Trinajstić information content (AvgIpc) is 2.68. The summed E-state index contributed by atoms with van der Waals surface area (Å²) in [4.78, 5) is 40.4. The molecule has 9 heteroatoms. The molecule has 0 saturated carbocycles. The van der Waals surface area contributed by atoms with Gasteiger partial charge in [-0.15, -0.1) is 0 Å². The number of nitrogens with zero attached hydrogens (tertiary/aromatic N) is 3. The van der Waals surface area contributed by atoms with Crippen molar-refractivity contribution in [2.75, 3.05) is 39.4 Å². The van der Waals surface area contributed by atoms with Gasteiger partial charge in [0.25, 0.3) is 5.56 Å². The highest BCUT2D eigenvalue weighted by Gasteiger charge is 2.22. The predicted molar refractivity (Wildman–Crippen MR) is 108 cm³/mol. The quantitative estimate of drug-likeness (QED) is 0.765. The number of amides is 1. The largest absolute Gasteiger partial charge is 0.379 e. The molecule has 28 heavy (non-hydrogen) atoms. The maximum Gasteiger partial charge on any atom is 0.332 e.